The Balaban J connectivity index is 1.99. The molecule has 1 amide bonds. The molecule has 1 aliphatic heterocycles. The molecule has 0 N–H and O–H groups in total. The molecule has 76 valence electrons. The number of rotatable bonds is 1. The van der Waals surface area contributed by atoms with Crippen LogP contribution in [0.1, 0.15) is 10.5 Å². The van der Waals surface area contributed by atoms with E-state index >= 15 is 0 Å². The number of amides is 1. The van der Waals surface area contributed by atoms with Gasteiger partial charge < -0.3 is 14.3 Å². The van der Waals surface area contributed by atoms with Crippen molar-refractivity contribution in [3.05, 3.63) is 18.0 Å². The molecule has 0 radical (unpaired) electrons. The third kappa shape index (κ3) is 1.77. The zero-order chi connectivity index (χ0) is 9.97. The maximum absolute atomic E-state index is 11.8. The van der Waals surface area contributed by atoms with Crippen LogP contribution in [0.3, 0.4) is 0 Å². The van der Waals surface area contributed by atoms with Gasteiger partial charge in [-0.1, -0.05) is 5.16 Å². The molecule has 1 aliphatic rings. The standard InChI is InChI=1S/C9H13N3O2/c1-11-3-5-12(6-4-11)9(13)8-2-7-14-10-8/h2,7H,3-6H2,1H3. The number of aromatic nitrogens is 1. The van der Waals surface area contributed by atoms with Gasteiger partial charge in [0.25, 0.3) is 5.91 Å². The van der Waals surface area contributed by atoms with Gasteiger partial charge in [-0.3, -0.25) is 4.79 Å². The van der Waals surface area contributed by atoms with Gasteiger partial charge in [-0.2, -0.15) is 0 Å². The Hall–Kier alpha value is -1.36. The third-order valence-electron chi connectivity index (χ3n) is 2.45. The van der Waals surface area contributed by atoms with Crippen LogP contribution in [0.15, 0.2) is 16.9 Å². The summed E-state index contributed by atoms with van der Waals surface area (Å²) in [7, 11) is 2.05. The van der Waals surface area contributed by atoms with Crippen LogP contribution in [0.4, 0.5) is 0 Å². The first-order valence-electron chi connectivity index (χ1n) is 4.65. The van der Waals surface area contributed by atoms with Crippen molar-refractivity contribution in [1.29, 1.82) is 0 Å². The average Bonchev–Trinajstić information content (AvgIpc) is 2.71. The van der Waals surface area contributed by atoms with Crippen LogP contribution in [0.5, 0.6) is 0 Å². The van der Waals surface area contributed by atoms with Crippen LogP contribution < -0.4 is 0 Å². The highest BCUT2D eigenvalue weighted by atomic mass is 16.5. The number of carbonyl (C=O) groups excluding carboxylic acids is 1. The summed E-state index contributed by atoms with van der Waals surface area (Å²) in [5.41, 5.74) is 0.398. The molecule has 2 rings (SSSR count). The van der Waals surface area contributed by atoms with Gasteiger partial charge in [0.05, 0.1) is 0 Å². The first-order chi connectivity index (χ1) is 6.77. The molecular weight excluding hydrogens is 182 g/mol. The second-order valence-electron chi connectivity index (χ2n) is 3.48. The predicted molar refractivity (Wildman–Crippen MR) is 49.9 cm³/mol. The fourth-order valence-corrected chi connectivity index (χ4v) is 1.49. The van der Waals surface area contributed by atoms with Crippen molar-refractivity contribution in [3.63, 3.8) is 0 Å². The van der Waals surface area contributed by atoms with E-state index in [4.69, 9.17) is 0 Å². The van der Waals surface area contributed by atoms with Gasteiger partial charge >= 0.3 is 0 Å². The zero-order valence-electron chi connectivity index (χ0n) is 8.14. The lowest BCUT2D eigenvalue weighted by Crippen LogP contribution is -2.47. The van der Waals surface area contributed by atoms with Crippen molar-refractivity contribution in [1.82, 2.24) is 15.0 Å². The number of piperazine rings is 1. The van der Waals surface area contributed by atoms with Gasteiger partial charge in [-0.15, -0.1) is 0 Å². The summed E-state index contributed by atoms with van der Waals surface area (Å²) in [6, 6.07) is 1.60. The van der Waals surface area contributed by atoms with Crippen LogP contribution in [-0.4, -0.2) is 54.1 Å². The van der Waals surface area contributed by atoms with Gasteiger partial charge in [-0.25, -0.2) is 0 Å². The Kier molecular flexibility index (Phi) is 2.49. The predicted octanol–water partition coefficient (Wildman–Crippen LogP) is 0.0622. The van der Waals surface area contributed by atoms with E-state index in [1.165, 1.54) is 6.26 Å². The summed E-state index contributed by atoms with van der Waals surface area (Å²) in [6.45, 7) is 3.37. The Bertz CT molecular complexity index is 302. The summed E-state index contributed by atoms with van der Waals surface area (Å²) in [6.07, 6.45) is 1.42. The van der Waals surface area contributed by atoms with E-state index in [1.54, 1.807) is 11.0 Å². The number of carbonyl (C=O) groups is 1. The second kappa shape index (κ2) is 3.79. The molecule has 2 heterocycles. The van der Waals surface area contributed by atoms with Gasteiger partial charge in [-0.05, 0) is 7.05 Å². The molecule has 1 aromatic rings. The third-order valence-corrected chi connectivity index (χ3v) is 2.45. The SMILES string of the molecule is CN1CCN(C(=O)c2ccon2)CC1. The molecule has 0 spiro atoms. The topological polar surface area (TPSA) is 49.6 Å². The van der Waals surface area contributed by atoms with Crippen molar-refractivity contribution < 1.29 is 9.32 Å². The van der Waals surface area contributed by atoms with Crippen LogP contribution in [0, 0.1) is 0 Å². The molecule has 0 aliphatic carbocycles. The monoisotopic (exact) mass is 195 g/mol. The molecule has 0 aromatic carbocycles. The van der Waals surface area contributed by atoms with Gasteiger partial charge in [0.1, 0.15) is 6.26 Å². The molecule has 1 aromatic heterocycles. The maximum atomic E-state index is 11.8. The van der Waals surface area contributed by atoms with Crippen molar-refractivity contribution >= 4 is 5.91 Å². The van der Waals surface area contributed by atoms with Crippen LogP contribution >= 0.6 is 0 Å². The smallest absolute Gasteiger partial charge is 0.276 e. The van der Waals surface area contributed by atoms with E-state index < -0.39 is 0 Å². The minimum absolute atomic E-state index is 0.0353. The summed E-state index contributed by atoms with van der Waals surface area (Å²) in [5.74, 6) is -0.0353. The number of hydrogen-bond acceptors (Lipinski definition) is 4. The van der Waals surface area contributed by atoms with E-state index in [1.807, 2.05) is 0 Å². The number of nitrogens with zero attached hydrogens (tertiary/aromatic N) is 3. The van der Waals surface area contributed by atoms with E-state index in [0.717, 1.165) is 26.2 Å². The average molecular weight is 195 g/mol. The second-order valence-corrected chi connectivity index (χ2v) is 3.48. The highest BCUT2D eigenvalue weighted by Gasteiger charge is 2.21. The maximum Gasteiger partial charge on any atom is 0.276 e. The van der Waals surface area contributed by atoms with E-state index in [9.17, 15) is 4.79 Å². The number of hydrogen-bond donors (Lipinski definition) is 0. The van der Waals surface area contributed by atoms with Crippen LogP contribution in [0.25, 0.3) is 0 Å². The van der Waals surface area contributed by atoms with E-state index in [0.29, 0.717) is 5.69 Å². The summed E-state index contributed by atoms with van der Waals surface area (Å²) < 4.78 is 4.64. The van der Waals surface area contributed by atoms with Crippen molar-refractivity contribution in [3.8, 4) is 0 Å². The molecule has 5 nitrogen and oxygen atoms in total. The Morgan fingerprint density at radius 1 is 1.43 bits per heavy atom. The van der Waals surface area contributed by atoms with Gasteiger partial charge in [0.2, 0.25) is 0 Å². The Morgan fingerprint density at radius 3 is 2.71 bits per heavy atom. The lowest BCUT2D eigenvalue weighted by atomic mass is 10.3. The van der Waals surface area contributed by atoms with Crippen LogP contribution in [0.2, 0.25) is 0 Å². The minimum Gasteiger partial charge on any atom is -0.364 e. The molecule has 0 saturated carbocycles. The van der Waals surface area contributed by atoms with E-state index in [2.05, 4.69) is 21.6 Å². The van der Waals surface area contributed by atoms with Gasteiger partial charge in [0, 0.05) is 32.2 Å². The lowest BCUT2D eigenvalue weighted by Gasteiger charge is -2.31. The van der Waals surface area contributed by atoms with E-state index in [-0.39, 0.29) is 5.91 Å². The summed E-state index contributed by atoms with van der Waals surface area (Å²) >= 11 is 0. The minimum atomic E-state index is -0.0353. The molecule has 1 saturated heterocycles. The van der Waals surface area contributed by atoms with Gasteiger partial charge in [0.15, 0.2) is 5.69 Å². The number of likely N-dealkylation sites (N-methyl/N-ethyl adjacent to an activating group) is 1. The fraction of sp³-hybridized carbons (Fsp3) is 0.556. The highest BCUT2D eigenvalue weighted by Crippen LogP contribution is 2.05. The molecule has 1 fully saturated rings. The molecule has 0 unspecified atom stereocenters. The Morgan fingerprint density at radius 2 is 2.14 bits per heavy atom. The molecule has 14 heavy (non-hydrogen) atoms. The van der Waals surface area contributed by atoms with Crippen molar-refractivity contribution in [2.75, 3.05) is 33.2 Å². The molecule has 0 bridgehead atoms. The normalized spacial score (nSPS) is 18.5. The first-order valence-corrected chi connectivity index (χ1v) is 4.65. The lowest BCUT2D eigenvalue weighted by molar-refractivity contribution is 0.0654. The molecule has 5 heteroatoms. The molecular formula is C9H13N3O2. The van der Waals surface area contributed by atoms with Crippen molar-refractivity contribution in [2.24, 2.45) is 0 Å². The van der Waals surface area contributed by atoms with Crippen LogP contribution in [-0.2, 0) is 0 Å². The van der Waals surface area contributed by atoms with Crippen molar-refractivity contribution in [2.45, 2.75) is 0 Å². The summed E-state index contributed by atoms with van der Waals surface area (Å²) in [4.78, 5) is 15.8. The highest BCUT2D eigenvalue weighted by molar-refractivity contribution is 5.92. The summed E-state index contributed by atoms with van der Waals surface area (Å²) in [5, 5.41) is 3.63. The first kappa shape index (κ1) is 9.21. The fourth-order valence-electron chi connectivity index (χ4n) is 1.49. The largest absolute Gasteiger partial charge is 0.364 e. The molecule has 0 atom stereocenters. The quantitative estimate of drug-likeness (QED) is 0.636. The Labute approximate surface area is 82.3 Å². The zero-order valence-corrected chi connectivity index (χ0v) is 8.14.